The Morgan fingerprint density at radius 3 is 2.35 bits per heavy atom. The fraction of sp³-hybridized carbons (Fsp3) is 0.235. The predicted molar refractivity (Wildman–Crippen MR) is 82.1 cm³/mol. The van der Waals surface area contributed by atoms with Crippen LogP contribution in [0.4, 0.5) is 5.69 Å². The molecule has 0 saturated heterocycles. The number of carbonyl (C=O) groups is 1. The third kappa shape index (κ3) is 3.60. The van der Waals surface area contributed by atoms with Crippen molar-refractivity contribution in [3.05, 3.63) is 65.7 Å². The van der Waals surface area contributed by atoms with Gasteiger partial charge in [0.25, 0.3) is 0 Å². The molecule has 0 heterocycles. The van der Waals surface area contributed by atoms with Crippen LogP contribution in [0.2, 0.25) is 0 Å². The molecule has 3 heteroatoms. The first-order chi connectivity index (χ1) is 9.70. The van der Waals surface area contributed by atoms with Crippen LogP contribution in [0.25, 0.3) is 0 Å². The molecule has 1 amide bonds. The molecule has 2 N–H and O–H groups in total. The summed E-state index contributed by atoms with van der Waals surface area (Å²) in [5.41, 5.74) is 8.60. The minimum atomic E-state index is 0.106. The molecule has 104 valence electrons. The van der Waals surface area contributed by atoms with Crippen LogP contribution in [-0.4, -0.2) is 17.4 Å². The molecule has 0 spiro atoms. The first-order valence-corrected chi connectivity index (χ1v) is 6.85. The van der Waals surface area contributed by atoms with Gasteiger partial charge in [0, 0.05) is 18.8 Å². The van der Waals surface area contributed by atoms with Gasteiger partial charge in [-0.1, -0.05) is 48.5 Å². The van der Waals surface area contributed by atoms with E-state index in [2.05, 4.69) is 0 Å². The van der Waals surface area contributed by atoms with Crippen LogP contribution in [0.3, 0.4) is 0 Å². The number of anilines is 1. The molecule has 2 rings (SSSR count). The van der Waals surface area contributed by atoms with Gasteiger partial charge in [-0.25, -0.2) is 0 Å². The van der Waals surface area contributed by atoms with Gasteiger partial charge < -0.3 is 10.6 Å². The Hall–Kier alpha value is -2.29. The predicted octanol–water partition coefficient (Wildman–Crippen LogP) is 2.86. The van der Waals surface area contributed by atoms with Crippen molar-refractivity contribution < 1.29 is 4.79 Å². The Kier molecular flexibility index (Phi) is 4.77. The highest BCUT2D eigenvalue weighted by Crippen LogP contribution is 2.13. The topological polar surface area (TPSA) is 46.3 Å². The maximum absolute atomic E-state index is 12.4. The summed E-state index contributed by atoms with van der Waals surface area (Å²) >= 11 is 0. The molecular formula is C17H20N2O. The van der Waals surface area contributed by atoms with E-state index in [0.717, 1.165) is 11.1 Å². The summed E-state index contributed by atoms with van der Waals surface area (Å²) in [6.07, 6.45) is 0.355. The smallest absolute Gasteiger partial charge is 0.227 e. The molecule has 0 atom stereocenters. The molecule has 3 nitrogen and oxygen atoms in total. The van der Waals surface area contributed by atoms with E-state index >= 15 is 0 Å². The maximum atomic E-state index is 12.4. The largest absolute Gasteiger partial charge is 0.398 e. The lowest BCUT2D eigenvalue weighted by molar-refractivity contribution is -0.130. The SMILES string of the molecule is CCN(Cc1ccccc1)C(=O)Cc1ccccc1N. The second-order valence-corrected chi connectivity index (χ2v) is 4.77. The normalized spacial score (nSPS) is 10.2. The van der Waals surface area contributed by atoms with Crippen LogP contribution in [0.1, 0.15) is 18.1 Å². The Labute approximate surface area is 120 Å². The van der Waals surface area contributed by atoms with Gasteiger partial charge >= 0.3 is 0 Å². The highest BCUT2D eigenvalue weighted by atomic mass is 16.2. The Morgan fingerprint density at radius 1 is 1.05 bits per heavy atom. The number of para-hydroxylation sites is 1. The summed E-state index contributed by atoms with van der Waals surface area (Å²) in [6.45, 7) is 3.33. The van der Waals surface area contributed by atoms with Crippen LogP contribution in [0.5, 0.6) is 0 Å². The highest BCUT2D eigenvalue weighted by Gasteiger charge is 2.13. The number of benzene rings is 2. The number of nitrogen functional groups attached to an aromatic ring is 1. The standard InChI is InChI=1S/C17H20N2O/c1-2-19(13-14-8-4-3-5-9-14)17(20)12-15-10-6-7-11-16(15)18/h3-11H,2,12-13,18H2,1H3. The summed E-state index contributed by atoms with van der Waals surface area (Å²) < 4.78 is 0. The second kappa shape index (κ2) is 6.75. The van der Waals surface area contributed by atoms with Gasteiger partial charge in [0.1, 0.15) is 0 Å². The molecule has 0 saturated carbocycles. The minimum absolute atomic E-state index is 0.106. The van der Waals surface area contributed by atoms with E-state index < -0.39 is 0 Å². The molecule has 20 heavy (non-hydrogen) atoms. The van der Waals surface area contributed by atoms with Crippen LogP contribution in [-0.2, 0) is 17.8 Å². The van der Waals surface area contributed by atoms with Gasteiger partial charge in [-0.3, -0.25) is 4.79 Å². The summed E-state index contributed by atoms with van der Waals surface area (Å²) in [4.78, 5) is 14.2. The third-order valence-corrected chi connectivity index (χ3v) is 3.35. The van der Waals surface area contributed by atoms with Crippen molar-refractivity contribution in [1.82, 2.24) is 4.90 Å². The van der Waals surface area contributed by atoms with E-state index in [4.69, 9.17) is 5.73 Å². The number of rotatable bonds is 5. The van der Waals surface area contributed by atoms with Gasteiger partial charge in [-0.05, 0) is 24.1 Å². The Bertz CT molecular complexity index is 566. The van der Waals surface area contributed by atoms with Gasteiger partial charge in [0.15, 0.2) is 0 Å². The average Bonchev–Trinajstić information content (AvgIpc) is 2.48. The Morgan fingerprint density at radius 2 is 1.70 bits per heavy atom. The lowest BCUT2D eigenvalue weighted by Crippen LogP contribution is -2.31. The zero-order valence-electron chi connectivity index (χ0n) is 11.8. The van der Waals surface area contributed by atoms with E-state index in [1.807, 2.05) is 66.4 Å². The fourth-order valence-corrected chi connectivity index (χ4v) is 2.15. The number of hydrogen-bond donors (Lipinski definition) is 1. The zero-order chi connectivity index (χ0) is 14.4. The summed E-state index contributed by atoms with van der Waals surface area (Å²) in [6, 6.07) is 17.6. The van der Waals surface area contributed by atoms with Crippen molar-refractivity contribution in [3.8, 4) is 0 Å². The van der Waals surface area contributed by atoms with Crippen molar-refractivity contribution in [3.63, 3.8) is 0 Å². The molecule has 0 unspecified atom stereocenters. The van der Waals surface area contributed by atoms with Crippen molar-refractivity contribution in [1.29, 1.82) is 0 Å². The fourth-order valence-electron chi connectivity index (χ4n) is 2.15. The highest BCUT2D eigenvalue weighted by molar-refractivity contribution is 5.80. The molecule has 0 fully saturated rings. The number of hydrogen-bond acceptors (Lipinski definition) is 2. The van der Waals surface area contributed by atoms with Crippen LogP contribution in [0, 0.1) is 0 Å². The van der Waals surface area contributed by atoms with E-state index in [9.17, 15) is 4.79 Å². The molecule has 0 aliphatic heterocycles. The van der Waals surface area contributed by atoms with Gasteiger partial charge in [0.05, 0.1) is 6.42 Å². The molecule has 2 aromatic carbocycles. The maximum Gasteiger partial charge on any atom is 0.227 e. The summed E-state index contributed by atoms with van der Waals surface area (Å²) in [5.74, 6) is 0.106. The number of amides is 1. The van der Waals surface area contributed by atoms with Gasteiger partial charge in [0.2, 0.25) is 5.91 Å². The molecule has 0 aliphatic carbocycles. The minimum Gasteiger partial charge on any atom is -0.398 e. The van der Waals surface area contributed by atoms with Gasteiger partial charge in [-0.2, -0.15) is 0 Å². The molecule has 0 bridgehead atoms. The van der Waals surface area contributed by atoms with Crippen LogP contribution < -0.4 is 5.73 Å². The number of carbonyl (C=O) groups excluding carboxylic acids is 1. The molecule has 0 aromatic heterocycles. The second-order valence-electron chi connectivity index (χ2n) is 4.77. The number of nitrogens with two attached hydrogens (primary N) is 1. The first kappa shape index (κ1) is 14.1. The van der Waals surface area contributed by atoms with E-state index in [0.29, 0.717) is 25.2 Å². The molecule has 2 aromatic rings. The van der Waals surface area contributed by atoms with Crippen molar-refractivity contribution in [2.75, 3.05) is 12.3 Å². The number of likely N-dealkylation sites (N-methyl/N-ethyl adjacent to an activating group) is 1. The molecular weight excluding hydrogens is 248 g/mol. The van der Waals surface area contributed by atoms with Crippen molar-refractivity contribution >= 4 is 11.6 Å². The lowest BCUT2D eigenvalue weighted by Gasteiger charge is -2.21. The third-order valence-electron chi connectivity index (χ3n) is 3.35. The van der Waals surface area contributed by atoms with Crippen molar-refractivity contribution in [2.24, 2.45) is 0 Å². The van der Waals surface area contributed by atoms with Crippen LogP contribution >= 0.6 is 0 Å². The summed E-state index contributed by atoms with van der Waals surface area (Å²) in [5, 5.41) is 0. The van der Waals surface area contributed by atoms with Crippen LogP contribution in [0.15, 0.2) is 54.6 Å². The lowest BCUT2D eigenvalue weighted by atomic mass is 10.1. The first-order valence-electron chi connectivity index (χ1n) is 6.85. The molecule has 0 aliphatic rings. The monoisotopic (exact) mass is 268 g/mol. The van der Waals surface area contributed by atoms with Crippen molar-refractivity contribution in [2.45, 2.75) is 19.9 Å². The number of nitrogens with zero attached hydrogens (tertiary/aromatic N) is 1. The Balaban J connectivity index is 2.04. The van der Waals surface area contributed by atoms with Gasteiger partial charge in [-0.15, -0.1) is 0 Å². The van der Waals surface area contributed by atoms with E-state index in [-0.39, 0.29) is 5.91 Å². The summed E-state index contributed by atoms with van der Waals surface area (Å²) in [7, 11) is 0. The average molecular weight is 268 g/mol. The molecule has 0 radical (unpaired) electrons. The van der Waals surface area contributed by atoms with E-state index in [1.54, 1.807) is 0 Å². The quantitative estimate of drug-likeness (QED) is 0.848. The van der Waals surface area contributed by atoms with E-state index in [1.165, 1.54) is 0 Å². The zero-order valence-corrected chi connectivity index (χ0v) is 11.8.